The fourth-order valence-electron chi connectivity index (χ4n) is 2.21. The number of hydrogen-bond acceptors (Lipinski definition) is 3. The third-order valence-electron chi connectivity index (χ3n) is 3.56. The highest BCUT2D eigenvalue weighted by Crippen LogP contribution is 2.19. The molecule has 1 N–H and O–H groups in total. The minimum Gasteiger partial charge on any atom is -0.453 e. The predicted octanol–water partition coefficient (Wildman–Crippen LogP) is 3.75. The first-order chi connectivity index (χ1) is 11.1. The van der Waals surface area contributed by atoms with E-state index in [9.17, 15) is 9.59 Å². The van der Waals surface area contributed by atoms with Gasteiger partial charge >= 0.3 is 5.97 Å². The Morgan fingerprint density at radius 1 is 0.957 bits per heavy atom. The van der Waals surface area contributed by atoms with Crippen molar-refractivity contribution >= 4 is 17.6 Å². The summed E-state index contributed by atoms with van der Waals surface area (Å²) in [6.45, 7) is 3.54. The van der Waals surface area contributed by atoms with Gasteiger partial charge in [0.15, 0.2) is 6.10 Å². The quantitative estimate of drug-likeness (QED) is 0.827. The van der Waals surface area contributed by atoms with Crippen molar-refractivity contribution in [2.75, 3.05) is 5.32 Å². The molecule has 120 valence electrons. The maximum atomic E-state index is 12.0. The van der Waals surface area contributed by atoms with Crippen molar-refractivity contribution in [3.8, 4) is 0 Å². The summed E-state index contributed by atoms with van der Waals surface area (Å²) in [5.41, 5.74) is 1.75. The zero-order valence-corrected chi connectivity index (χ0v) is 13.4. The summed E-state index contributed by atoms with van der Waals surface area (Å²) in [5.74, 6) is -0.665. The van der Waals surface area contributed by atoms with Crippen molar-refractivity contribution in [2.45, 2.75) is 32.3 Å². The van der Waals surface area contributed by atoms with Crippen LogP contribution in [0.15, 0.2) is 60.7 Å². The molecule has 0 aliphatic rings. The largest absolute Gasteiger partial charge is 0.453 e. The lowest BCUT2D eigenvalue weighted by Gasteiger charge is -2.16. The molecule has 0 unspecified atom stereocenters. The molecule has 2 aromatic rings. The van der Waals surface area contributed by atoms with Crippen molar-refractivity contribution in [3.63, 3.8) is 0 Å². The van der Waals surface area contributed by atoms with Crippen LogP contribution in [0.2, 0.25) is 0 Å². The SMILES string of the molecule is C[C@@H](OC(=O)C[C@H](C)c1ccccc1)C(=O)Nc1ccccc1. The molecule has 0 spiro atoms. The summed E-state index contributed by atoms with van der Waals surface area (Å²) in [4.78, 5) is 24.0. The monoisotopic (exact) mass is 311 g/mol. The van der Waals surface area contributed by atoms with E-state index in [1.54, 1.807) is 19.1 Å². The van der Waals surface area contributed by atoms with Gasteiger partial charge in [-0.05, 0) is 30.5 Å². The molecule has 2 aromatic carbocycles. The molecule has 0 bridgehead atoms. The molecular weight excluding hydrogens is 290 g/mol. The number of carbonyl (C=O) groups excluding carboxylic acids is 2. The Morgan fingerprint density at radius 2 is 1.52 bits per heavy atom. The van der Waals surface area contributed by atoms with Gasteiger partial charge in [-0.3, -0.25) is 9.59 Å². The van der Waals surface area contributed by atoms with Crippen LogP contribution in [-0.2, 0) is 14.3 Å². The van der Waals surface area contributed by atoms with Crippen LogP contribution >= 0.6 is 0 Å². The van der Waals surface area contributed by atoms with Crippen LogP contribution in [0.4, 0.5) is 5.69 Å². The van der Waals surface area contributed by atoms with Gasteiger partial charge in [0.05, 0.1) is 6.42 Å². The number of ether oxygens (including phenoxy) is 1. The van der Waals surface area contributed by atoms with Crippen molar-refractivity contribution < 1.29 is 14.3 Å². The summed E-state index contributed by atoms with van der Waals surface area (Å²) >= 11 is 0. The van der Waals surface area contributed by atoms with Crippen molar-refractivity contribution in [2.24, 2.45) is 0 Å². The first-order valence-corrected chi connectivity index (χ1v) is 7.66. The van der Waals surface area contributed by atoms with E-state index in [4.69, 9.17) is 4.74 Å². The minimum atomic E-state index is -0.828. The van der Waals surface area contributed by atoms with E-state index in [1.165, 1.54) is 0 Å². The van der Waals surface area contributed by atoms with Crippen LogP contribution in [0, 0.1) is 0 Å². The number of rotatable bonds is 6. The first kappa shape index (κ1) is 16.7. The van der Waals surface area contributed by atoms with Crippen molar-refractivity contribution in [3.05, 3.63) is 66.2 Å². The van der Waals surface area contributed by atoms with Crippen LogP contribution in [0.25, 0.3) is 0 Å². The standard InChI is InChI=1S/C19H21NO3/c1-14(16-9-5-3-6-10-16)13-18(21)23-15(2)19(22)20-17-11-7-4-8-12-17/h3-12,14-15H,13H2,1-2H3,(H,20,22)/t14-,15+/m0/s1. The molecule has 0 fully saturated rings. The second-order valence-corrected chi connectivity index (χ2v) is 5.50. The van der Waals surface area contributed by atoms with Gasteiger partial charge in [0.2, 0.25) is 0 Å². The molecule has 0 saturated carbocycles. The van der Waals surface area contributed by atoms with Crippen molar-refractivity contribution in [1.29, 1.82) is 0 Å². The van der Waals surface area contributed by atoms with Crippen LogP contribution < -0.4 is 5.32 Å². The van der Waals surface area contributed by atoms with E-state index in [0.29, 0.717) is 5.69 Å². The topological polar surface area (TPSA) is 55.4 Å². The summed E-state index contributed by atoms with van der Waals surface area (Å²) in [6, 6.07) is 18.8. The lowest BCUT2D eigenvalue weighted by atomic mass is 9.98. The average Bonchev–Trinajstić information content (AvgIpc) is 2.56. The fourth-order valence-corrected chi connectivity index (χ4v) is 2.21. The summed E-state index contributed by atoms with van der Waals surface area (Å²) in [7, 11) is 0. The molecule has 0 radical (unpaired) electrons. The van der Waals surface area contributed by atoms with Gasteiger partial charge in [0, 0.05) is 5.69 Å². The normalized spacial score (nSPS) is 13.0. The molecule has 23 heavy (non-hydrogen) atoms. The van der Waals surface area contributed by atoms with E-state index in [-0.39, 0.29) is 24.2 Å². The van der Waals surface area contributed by atoms with Crippen LogP contribution in [0.5, 0.6) is 0 Å². The smallest absolute Gasteiger partial charge is 0.307 e. The first-order valence-electron chi connectivity index (χ1n) is 7.66. The maximum Gasteiger partial charge on any atom is 0.307 e. The molecule has 1 amide bonds. The average molecular weight is 311 g/mol. The second-order valence-electron chi connectivity index (χ2n) is 5.50. The summed E-state index contributed by atoms with van der Waals surface area (Å²) in [5, 5.41) is 2.72. The number of carbonyl (C=O) groups is 2. The van der Waals surface area contributed by atoms with E-state index in [1.807, 2.05) is 55.5 Å². The number of para-hydroxylation sites is 1. The molecule has 0 saturated heterocycles. The molecular formula is C19H21NO3. The summed E-state index contributed by atoms with van der Waals surface area (Å²) in [6.07, 6.45) is -0.585. The van der Waals surface area contributed by atoms with Gasteiger partial charge in [0.25, 0.3) is 5.91 Å². The number of nitrogens with one attached hydrogen (secondary N) is 1. The predicted molar refractivity (Wildman–Crippen MR) is 90.1 cm³/mol. The molecule has 4 heteroatoms. The van der Waals surface area contributed by atoms with Crippen LogP contribution in [0.1, 0.15) is 31.7 Å². The van der Waals surface area contributed by atoms with Gasteiger partial charge in [-0.15, -0.1) is 0 Å². The second kappa shape index (κ2) is 8.13. The highest BCUT2D eigenvalue weighted by molar-refractivity contribution is 5.95. The van der Waals surface area contributed by atoms with E-state index >= 15 is 0 Å². The third-order valence-corrected chi connectivity index (χ3v) is 3.56. The molecule has 4 nitrogen and oxygen atoms in total. The van der Waals surface area contributed by atoms with Gasteiger partial charge in [-0.1, -0.05) is 55.5 Å². The van der Waals surface area contributed by atoms with Gasteiger partial charge in [-0.2, -0.15) is 0 Å². The number of amides is 1. The fraction of sp³-hybridized carbons (Fsp3) is 0.263. The number of benzene rings is 2. The number of hydrogen-bond donors (Lipinski definition) is 1. The molecule has 2 atom stereocenters. The Morgan fingerprint density at radius 3 is 2.13 bits per heavy atom. The summed E-state index contributed by atoms with van der Waals surface area (Å²) < 4.78 is 5.23. The molecule has 0 heterocycles. The van der Waals surface area contributed by atoms with Gasteiger partial charge < -0.3 is 10.1 Å². The number of esters is 1. The molecule has 0 aromatic heterocycles. The van der Waals surface area contributed by atoms with Gasteiger partial charge in [-0.25, -0.2) is 0 Å². The lowest BCUT2D eigenvalue weighted by molar-refractivity contribution is -0.153. The third kappa shape index (κ3) is 5.25. The number of anilines is 1. The van der Waals surface area contributed by atoms with Crippen molar-refractivity contribution in [1.82, 2.24) is 0 Å². The molecule has 0 aliphatic carbocycles. The van der Waals surface area contributed by atoms with E-state index < -0.39 is 6.10 Å². The van der Waals surface area contributed by atoms with Gasteiger partial charge in [0.1, 0.15) is 0 Å². The zero-order valence-electron chi connectivity index (χ0n) is 13.4. The highest BCUT2D eigenvalue weighted by atomic mass is 16.5. The Labute approximate surface area is 136 Å². The highest BCUT2D eigenvalue weighted by Gasteiger charge is 2.19. The zero-order chi connectivity index (χ0) is 16.7. The Kier molecular flexibility index (Phi) is 5.92. The Hall–Kier alpha value is -2.62. The van der Waals surface area contributed by atoms with Crippen LogP contribution in [0.3, 0.4) is 0 Å². The maximum absolute atomic E-state index is 12.0. The molecule has 2 rings (SSSR count). The molecule has 0 aliphatic heterocycles. The van der Waals surface area contributed by atoms with Crippen LogP contribution in [-0.4, -0.2) is 18.0 Å². The van der Waals surface area contributed by atoms with E-state index in [2.05, 4.69) is 5.32 Å². The minimum absolute atomic E-state index is 0.0492. The van der Waals surface area contributed by atoms with E-state index in [0.717, 1.165) is 5.56 Å². The Bertz CT molecular complexity index is 640. The lowest BCUT2D eigenvalue weighted by Crippen LogP contribution is -2.30. The Balaban J connectivity index is 1.83.